The highest BCUT2D eigenvalue weighted by atomic mass is 32.2. The molecular weight excluding hydrogens is 240 g/mol. The van der Waals surface area contributed by atoms with E-state index in [0.717, 1.165) is 6.42 Å². The molecule has 7 heteroatoms. The molecule has 0 aliphatic carbocycles. The Morgan fingerprint density at radius 2 is 2.06 bits per heavy atom. The van der Waals surface area contributed by atoms with Crippen molar-refractivity contribution in [3.05, 3.63) is 6.20 Å². The second-order valence-corrected chi connectivity index (χ2v) is 7.00. The van der Waals surface area contributed by atoms with Gasteiger partial charge in [-0.05, 0) is 11.8 Å². The van der Waals surface area contributed by atoms with Crippen molar-refractivity contribution in [1.29, 1.82) is 0 Å². The van der Waals surface area contributed by atoms with E-state index in [1.54, 1.807) is 7.05 Å². The molecule has 0 fully saturated rings. The number of rotatable bonds is 4. The van der Waals surface area contributed by atoms with Gasteiger partial charge in [0.2, 0.25) is 10.0 Å². The molecule has 0 radical (unpaired) electrons. The molecule has 0 aliphatic rings. The van der Waals surface area contributed by atoms with Gasteiger partial charge >= 0.3 is 0 Å². The minimum absolute atomic E-state index is 0.0239. The van der Waals surface area contributed by atoms with Crippen LogP contribution in [0.1, 0.15) is 27.2 Å². The molecule has 0 aliphatic heterocycles. The molecule has 1 heterocycles. The number of nitrogens with one attached hydrogen (secondary N) is 1. The van der Waals surface area contributed by atoms with Gasteiger partial charge in [0.25, 0.3) is 0 Å². The summed E-state index contributed by atoms with van der Waals surface area (Å²) in [4.78, 5) is 0.0360. The van der Waals surface area contributed by atoms with E-state index < -0.39 is 10.0 Å². The molecule has 0 spiro atoms. The van der Waals surface area contributed by atoms with Gasteiger partial charge in [-0.3, -0.25) is 4.68 Å². The first-order valence-corrected chi connectivity index (χ1v) is 6.89. The fourth-order valence-electron chi connectivity index (χ4n) is 1.33. The maximum Gasteiger partial charge on any atom is 0.245 e. The molecule has 0 saturated heterocycles. The Bertz CT molecular complexity index is 485. The van der Waals surface area contributed by atoms with Gasteiger partial charge in [-0.1, -0.05) is 20.8 Å². The van der Waals surface area contributed by atoms with Crippen LogP contribution in [-0.2, 0) is 17.1 Å². The SMILES string of the molecule is Cn1cc(S(=O)(=O)NCCC(C)(C)C)c(N)n1. The average Bonchev–Trinajstić information content (AvgIpc) is 2.43. The van der Waals surface area contributed by atoms with Crippen molar-refractivity contribution in [2.75, 3.05) is 12.3 Å². The third kappa shape index (κ3) is 4.01. The standard InChI is InChI=1S/C10H20N4O2S/c1-10(2,3)5-6-12-17(15,16)8-7-14(4)13-9(8)11/h7,12H,5-6H2,1-4H3,(H2,11,13). The number of hydrogen-bond acceptors (Lipinski definition) is 4. The summed E-state index contributed by atoms with van der Waals surface area (Å²) >= 11 is 0. The van der Waals surface area contributed by atoms with Crippen LogP contribution in [0.3, 0.4) is 0 Å². The van der Waals surface area contributed by atoms with Gasteiger partial charge in [0.15, 0.2) is 5.82 Å². The number of aryl methyl sites for hydroxylation is 1. The lowest BCUT2D eigenvalue weighted by Gasteiger charge is -2.17. The summed E-state index contributed by atoms with van der Waals surface area (Å²) in [6, 6.07) is 0. The smallest absolute Gasteiger partial charge is 0.245 e. The molecule has 17 heavy (non-hydrogen) atoms. The summed E-state index contributed by atoms with van der Waals surface area (Å²) in [5.74, 6) is 0.0239. The molecule has 0 unspecified atom stereocenters. The molecule has 0 saturated carbocycles. The first-order chi connectivity index (χ1) is 7.62. The van der Waals surface area contributed by atoms with Crippen molar-refractivity contribution in [3.8, 4) is 0 Å². The molecule has 3 N–H and O–H groups in total. The number of hydrogen-bond donors (Lipinski definition) is 2. The van der Waals surface area contributed by atoms with Crippen molar-refractivity contribution < 1.29 is 8.42 Å². The lowest BCUT2D eigenvalue weighted by Crippen LogP contribution is -2.27. The van der Waals surface area contributed by atoms with Crippen molar-refractivity contribution in [2.45, 2.75) is 32.1 Å². The number of aromatic nitrogens is 2. The Morgan fingerprint density at radius 1 is 1.47 bits per heavy atom. The predicted octanol–water partition coefficient (Wildman–Crippen LogP) is 0.717. The van der Waals surface area contributed by atoms with Gasteiger partial charge in [0, 0.05) is 19.8 Å². The van der Waals surface area contributed by atoms with Gasteiger partial charge in [0.05, 0.1) is 0 Å². The van der Waals surface area contributed by atoms with Crippen LogP contribution >= 0.6 is 0 Å². The second kappa shape index (κ2) is 4.66. The third-order valence-corrected chi connectivity index (χ3v) is 3.76. The Balaban J connectivity index is 2.73. The number of anilines is 1. The van der Waals surface area contributed by atoms with Crippen LogP contribution in [0.25, 0.3) is 0 Å². The topological polar surface area (TPSA) is 90.0 Å². The zero-order valence-corrected chi connectivity index (χ0v) is 11.5. The van der Waals surface area contributed by atoms with Crippen molar-refractivity contribution >= 4 is 15.8 Å². The van der Waals surface area contributed by atoms with E-state index in [-0.39, 0.29) is 16.1 Å². The molecule has 1 aromatic heterocycles. The van der Waals surface area contributed by atoms with Crippen LogP contribution in [0, 0.1) is 5.41 Å². The van der Waals surface area contributed by atoms with Crippen molar-refractivity contribution in [3.63, 3.8) is 0 Å². The Labute approximate surface area is 102 Å². The lowest BCUT2D eigenvalue weighted by molar-refractivity contribution is 0.378. The molecule has 1 rings (SSSR count). The highest BCUT2D eigenvalue weighted by Gasteiger charge is 2.21. The predicted molar refractivity (Wildman–Crippen MR) is 66.9 cm³/mol. The highest BCUT2D eigenvalue weighted by Crippen LogP contribution is 2.19. The maximum atomic E-state index is 11.9. The highest BCUT2D eigenvalue weighted by molar-refractivity contribution is 7.89. The normalized spacial score (nSPS) is 12.9. The van der Waals surface area contributed by atoms with Crippen LogP contribution in [0.15, 0.2) is 11.1 Å². The zero-order valence-electron chi connectivity index (χ0n) is 10.7. The fraction of sp³-hybridized carbons (Fsp3) is 0.700. The largest absolute Gasteiger partial charge is 0.381 e. The first kappa shape index (κ1) is 14.0. The van der Waals surface area contributed by atoms with E-state index in [2.05, 4.69) is 30.6 Å². The second-order valence-electron chi connectivity index (χ2n) is 5.26. The van der Waals surface area contributed by atoms with Crippen molar-refractivity contribution in [1.82, 2.24) is 14.5 Å². The van der Waals surface area contributed by atoms with E-state index in [0.29, 0.717) is 6.54 Å². The van der Waals surface area contributed by atoms with Gasteiger partial charge in [-0.25, -0.2) is 13.1 Å². The van der Waals surface area contributed by atoms with E-state index in [1.165, 1.54) is 10.9 Å². The minimum atomic E-state index is -3.55. The minimum Gasteiger partial charge on any atom is -0.381 e. The van der Waals surface area contributed by atoms with Crippen LogP contribution < -0.4 is 10.5 Å². The zero-order chi connectivity index (χ0) is 13.3. The first-order valence-electron chi connectivity index (χ1n) is 5.41. The quantitative estimate of drug-likeness (QED) is 0.834. The van der Waals surface area contributed by atoms with Crippen LogP contribution in [-0.4, -0.2) is 24.7 Å². The molecule has 6 nitrogen and oxygen atoms in total. The lowest BCUT2D eigenvalue weighted by atomic mass is 9.93. The Hall–Kier alpha value is -1.08. The molecule has 0 aromatic carbocycles. The fourth-order valence-corrected chi connectivity index (χ4v) is 2.46. The molecule has 1 aromatic rings. The maximum absolute atomic E-state index is 11.9. The number of nitrogens with two attached hydrogens (primary N) is 1. The molecule has 0 amide bonds. The molecule has 0 atom stereocenters. The number of sulfonamides is 1. The average molecular weight is 260 g/mol. The monoisotopic (exact) mass is 260 g/mol. The third-order valence-electron chi connectivity index (χ3n) is 2.28. The summed E-state index contributed by atoms with van der Waals surface area (Å²) in [5.41, 5.74) is 5.62. The summed E-state index contributed by atoms with van der Waals surface area (Å²) in [7, 11) is -1.92. The van der Waals surface area contributed by atoms with E-state index in [4.69, 9.17) is 5.73 Å². The van der Waals surface area contributed by atoms with E-state index in [9.17, 15) is 8.42 Å². The molecular formula is C10H20N4O2S. The van der Waals surface area contributed by atoms with Crippen molar-refractivity contribution in [2.24, 2.45) is 12.5 Å². The van der Waals surface area contributed by atoms with Gasteiger partial charge in [-0.2, -0.15) is 5.10 Å². The van der Waals surface area contributed by atoms with Crippen LogP contribution in [0.4, 0.5) is 5.82 Å². The van der Waals surface area contributed by atoms with Crippen LogP contribution in [0.2, 0.25) is 0 Å². The van der Waals surface area contributed by atoms with Gasteiger partial charge in [0.1, 0.15) is 4.90 Å². The summed E-state index contributed by atoms with van der Waals surface area (Å²) in [6.07, 6.45) is 2.15. The number of nitrogens with zero attached hydrogens (tertiary/aromatic N) is 2. The van der Waals surface area contributed by atoms with Gasteiger partial charge < -0.3 is 5.73 Å². The Kier molecular flexibility index (Phi) is 3.83. The summed E-state index contributed by atoms with van der Waals surface area (Å²) < 4.78 is 27.7. The summed E-state index contributed by atoms with van der Waals surface area (Å²) in [6.45, 7) is 6.55. The van der Waals surface area contributed by atoms with Crippen LogP contribution in [0.5, 0.6) is 0 Å². The van der Waals surface area contributed by atoms with Gasteiger partial charge in [-0.15, -0.1) is 0 Å². The molecule has 98 valence electrons. The summed E-state index contributed by atoms with van der Waals surface area (Å²) in [5, 5.41) is 3.81. The van der Waals surface area contributed by atoms with E-state index >= 15 is 0 Å². The van der Waals surface area contributed by atoms with E-state index in [1.807, 2.05) is 0 Å². The number of nitrogen functional groups attached to an aromatic ring is 1. The Morgan fingerprint density at radius 3 is 2.47 bits per heavy atom. The molecule has 0 bridgehead atoms.